The van der Waals surface area contributed by atoms with Crippen LogP contribution in [0.3, 0.4) is 0 Å². The van der Waals surface area contributed by atoms with Gasteiger partial charge in [0.2, 0.25) is 6.29 Å². The van der Waals surface area contributed by atoms with Crippen molar-refractivity contribution in [3.8, 4) is 0 Å². The third-order valence-electron chi connectivity index (χ3n) is 13.7. The first-order chi connectivity index (χ1) is 23.1. The van der Waals surface area contributed by atoms with Crippen LogP contribution in [0.25, 0.3) is 0 Å². The number of hydrogen-bond acceptors (Lipinski definition) is 11. The van der Waals surface area contributed by atoms with Crippen LogP contribution >= 0.6 is 0 Å². The van der Waals surface area contributed by atoms with E-state index in [-0.39, 0.29) is 41.5 Å². The Balaban J connectivity index is 0.000000182. The summed E-state index contributed by atoms with van der Waals surface area (Å²) in [6.45, 7) is 12.5. The summed E-state index contributed by atoms with van der Waals surface area (Å²) < 4.78 is 35.1. The molecule has 3 aliphatic carbocycles. The van der Waals surface area contributed by atoms with Gasteiger partial charge < -0.3 is 48.8 Å². The van der Waals surface area contributed by atoms with E-state index in [4.69, 9.17) is 28.4 Å². The van der Waals surface area contributed by atoms with Crippen molar-refractivity contribution >= 4 is 5.97 Å². The molecule has 0 aromatic rings. The second kappa shape index (κ2) is 14.5. The van der Waals surface area contributed by atoms with Gasteiger partial charge in [0.1, 0.15) is 11.2 Å². The predicted molar refractivity (Wildman–Crippen MR) is 178 cm³/mol. The molecule has 15 atom stereocenters. The third kappa shape index (κ3) is 7.36. The molecule has 0 amide bonds. The summed E-state index contributed by atoms with van der Waals surface area (Å²) in [4.78, 5) is 12.0. The molecule has 0 radical (unpaired) electrons. The molecule has 49 heavy (non-hydrogen) atoms. The van der Waals surface area contributed by atoms with Crippen LogP contribution in [0.5, 0.6) is 0 Å². The second-order valence-corrected chi connectivity index (χ2v) is 17.2. The van der Waals surface area contributed by atoms with Gasteiger partial charge in [0.15, 0.2) is 24.2 Å². The van der Waals surface area contributed by atoms with Gasteiger partial charge in [0.25, 0.3) is 0 Å². The highest BCUT2D eigenvalue weighted by atomic mass is 16.8. The van der Waals surface area contributed by atoms with Crippen LogP contribution in [0.2, 0.25) is 0 Å². The Bertz CT molecular complexity index is 1140. The van der Waals surface area contributed by atoms with Gasteiger partial charge in [-0.1, -0.05) is 47.0 Å². The normalized spacial score (nSPS) is 51.6. The lowest BCUT2D eigenvalue weighted by molar-refractivity contribution is -0.408. The van der Waals surface area contributed by atoms with Gasteiger partial charge in [-0.3, -0.25) is 4.79 Å². The zero-order chi connectivity index (χ0) is 35.4. The number of hydrogen-bond donors (Lipinski definition) is 4. The highest BCUT2D eigenvalue weighted by molar-refractivity contribution is 5.74. The Morgan fingerprint density at radius 1 is 0.653 bits per heavy atom. The van der Waals surface area contributed by atoms with Gasteiger partial charge in [-0.25, -0.2) is 0 Å². The van der Waals surface area contributed by atoms with E-state index in [9.17, 15) is 25.2 Å². The standard InChI is InChI=1S/C23H40O6.C15H24O5/c1-15-9-10-19-16(2)20(27-14-13-26-17-7-5-4-6-8-17)28-21-23(19,25)18(15)11-12-22(3,24)29-21;1-8-4-5-11-9(2)12(16)19-13-15(11,18)10(8)6-7-14(3,17)20-13/h15-21,24-25H,4-14H2,1-3H3;8-11,13,17-18H,4-7H2,1-3H3/t15-,16-,18?,19?,20?,21-,22-,23-;8-,9-,10?,11?,13-,14-,15-/m11/s1. The molecule has 4 N–H and O–H groups in total. The summed E-state index contributed by atoms with van der Waals surface area (Å²) in [6.07, 6.45) is 10.3. The fourth-order valence-corrected chi connectivity index (χ4v) is 10.8. The van der Waals surface area contributed by atoms with Crippen LogP contribution in [0.1, 0.15) is 125 Å². The lowest BCUT2D eigenvalue weighted by Crippen LogP contribution is -2.67. The zero-order valence-electron chi connectivity index (χ0n) is 30.7. The highest BCUT2D eigenvalue weighted by Gasteiger charge is 2.65. The molecule has 0 spiro atoms. The van der Waals surface area contributed by atoms with Crippen LogP contribution in [0, 0.1) is 47.3 Å². The van der Waals surface area contributed by atoms with E-state index < -0.39 is 41.6 Å². The van der Waals surface area contributed by atoms with Crippen LogP contribution in [0.4, 0.5) is 0 Å². The summed E-state index contributed by atoms with van der Waals surface area (Å²) in [7, 11) is 0. The van der Waals surface area contributed by atoms with Crippen LogP contribution in [0.15, 0.2) is 0 Å². The Kier molecular flexibility index (Phi) is 11.2. The van der Waals surface area contributed by atoms with E-state index in [1.807, 2.05) is 6.92 Å². The molecule has 11 heteroatoms. The van der Waals surface area contributed by atoms with Gasteiger partial charge in [-0.05, 0) is 88.9 Å². The zero-order valence-corrected chi connectivity index (χ0v) is 30.7. The summed E-state index contributed by atoms with van der Waals surface area (Å²) in [6, 6.07) is 0. The average molecular weight is 697 g/mol. The maximum atomic E-state index is 12.0. The minimum atomic E-state index is -1.36. The SMILES string of the molecule is C[C@@H]1CCC2[C@@H](C)C(=O)O[C@@H]3O[C@@](C)(O)CCC1[C@@]23O.C[C@H]1C(OCCOC2CCCCC2)O[C@@H]2O[C@@](C)(O)CCC3[C@H](C)CCC1[C@]32O. The molecule has 4 saturated heterocycles. The number of esters is 1. The Hall–Kier alpha value is -0.890. The quantitative estimate of drug-likeness (QED) is 0.227. The summed E-state index contributed by atoms with van der Waals surface area (Å²) >= 11 is 0. The molecule has 5 unspecified atom stereocenters. The molecule has 3 saturated carbocycles. The second-order valence-electron chi connectivity index (χ2n) is 17.2. The number of aliphatic hydroxyl groups is 4. The van der Waals surface area contributed by atoms with Gasteiger partial charge in [-0.2, -0.15) is 0 Å². The van der Waals surface area contributed by atoms with Gasteiger partial charge in [-0.15, -0.1) is 0 Å². The molecule has 0 aromatic carbocycles. The van der Waals surface area contributed by atoms with Gasteiger partial charge >= 0.3 is 5.97 Å². The number of rotatable bonds is 5. The summed E-state index contributed by atoms with van der Waals surface area (Å²) in [5, 5.41) is 44.1. The number of ether oxygens (including phenoxy) is 6. The van der Waals surface area contributed by atoms with E-state index in [0.29, 0.717) is 50.4 Å². The van der Waals surface area contributed by atoms with E-state index in [0.717, 1.165) is 44.9 Å². The lowest BCUT2D eigenvalue weighted by Gasteiger charge is -2.57. The van der Waals surface area contributed by atoms with Gasteiger partial charge in [0.05, 0.1) is 25.2 Å². The fraction of sp³-hybridized carbons (Fsp3) is 0.974. The molecule has 0 aromatic heterocycles. The van der Waals surface area contributed by atoms with Crippen molar-refractivity contribution < 1.29 is 53.6 Å². The molecule has 11 nitrogen and oxygen atoms in total. The molecule has 7 rings (SSSR count). The monoisotopic (exact) mass is 696 g/mol. The minimum absolute atomic E-state index is 0.00391. The molecular weight excluding hydrogens is 632 g/mol. The fourth-order valence-electron chi connectivity index (χ4n) is 10.8. The van der Waals surface area contributed by atoms with Crippen LogP contribution < -0.4 is 0 Å². The average Bonchev–Trinajstić information content (AvgIpc) is 3.21. The molecule has 4 aliphatic heterocycles. The van der Waals surface area contributed by atoms with Crippen molar-refractivity contribution in [1.82, 2.24) is 0 Å². The van der Waals surface area contributed by atoms with Crippen molar-refractivity contribution in [3.05, 3.63) is 0 Å². The van der Waals surface area contributed by atoms with Crippen molar-refractivity contribution in [2.24, 2.45) is 47.3 Å². The topological polar surface area (TPSA) is 153 Å². The molecule has 7 fully saturated rings. The summed E-state index contributed by atoms with van der Waals surface area (Å²) in [5.41, 5.74) is -2.25. The van der Waals surface area contributed by atoms with Crippen molar-refractivity contribution in [3.63, 3.8) is 0 Å². The van der Waals surface area contributed by atoms with Crippen molar-refractivity contribution in [2.45, 2.75) is 173 Å². The Morgan fingerprint density at radius 2 is 1.18 bits per heavy atom. The first kappa shape index (κ1) is 37.9. The molecule has 4 heterocycles. The van der Waals surface area contributed by atoms with Crippen molar-refractivity contribution in [1.29, 1.82) is 0 Å². The maximum Gasteiger partial charge on any atom is 0.311 e. The van der Waals surface area contributed by atoms with Crippen molar-refractivity contribution in [2.75, 3.05) is 13.2 Å². The van der Waals surface area contributed by atoms with Crippen LogP contribution in [-0.2, 0) is 33.2 Å². The predicted octanol–water partition coefficient (Wildman–Crippen LogP) is 5.00. The third-order valence-corrected chi connectivity index (χ3v) is 13.7. The maximum absolute atomic E-state index is 12.0. The van der Waals surface area contributed by atoms with E-state index >= 15 is 0 Å². The number of carbonyl (C=O) groups is 1. The lowest BCUT2D eigenvalue weighted by atomic mass is 9.58. The Morgan fingerprint density at radius 3 is 1.80 bits per heavy atom. The first-order valence-corrected chi connectivity index (χ1v) is 19.4. The van der Waals surface area contributed by atoms with E-state index in [1.165, 1.54) is 19.3 Å². The minimum Gasteiger partial charge on any atom is -0.432 e. The summed E-state index contributed by atoms with van der Waals surface area (Å²) in [5.74, 6) is -2.58. The van der Waals surface area contributed by atoms with Crippen LogP contribution in [-0.4, -0.2) is 87.4 Å². The smallest absolute Gasteiger partial charge is 0.311 e. The molecule has 282 valence electrons. The molecule has 0 bridgehead atoms. The largest absolute Gasteiger partial charge is 0.432 e. The van der Waals surface area contributed by atoms with E-state index in [2.05, 4.69) is 20.8 Å². The highest BCUT2D eigenvalue weighted by Crippen LogP contribution is 2.56. The number of carbonyl (C=O) groups excluding carboxylic acids is 1. The van der Waals surface area contributed by atoms with E-state index in [1.54, 1.807) is 13.8 Å². The Labute approximate surface area is 292 Å². The molecular formula is C38H64O11. The first-order valence-electron chi connectivity index (χ1n) is 19.4. The van der Waals surface area contributed by atoms with Gasteiger partial charge in [0, 0.05) is 30.6 Å². The molecule has 7 aliphatic rings.